The van der Waals surface area contributed by atoms with Gasteiger partial charge in [-0.15, -0.1) is 11.3 Å². The summed E-state index contributed by atoms with van der Waals surface area (Å²) in [5, 5.41) is 0. The maximum atomic E-state index is 14.2. The highest BCUT2D eigenvalue weighted by atomic mass is 32.1. The summed E-state index contributed by atoms with van der Waals surface area (Å²) in [6.45, 7) is 7.47. The molecule has 3 rings (SSSR count). The molecule has 2 heterocycles. The van der Waals surface area contributed by atoms with Crippen molar-refractivity contribution in [2.75, 3.05) is 0 Å². The second kappa shape index (κ2) is 4.22. The SMILES string of the molecule is CC1(C)OB(c2cc3scnc3c(F)c2F)OC1(C)C. The van der Waals surface area contributed by atoms with Gasteiger partial charge in [-0.2, -0.15) is 0 Å². The first kappa shape index (κ1) is 13.9. The normalized spacial score (nSPS) is 20.8. The average molecular weight is 297 g/mol. The summed E-state index contributed by atoms with van der Waals surface area (Å²) >= 11 is 1.25. The summed E-state index contributed by atoms with van der Waals surface area (Å²) in [6, 6.07) is 1.55. The van der Waals surface area contributed by atoms with E-state index in [4.69, 9.17) is 9.31 Å². The summed E-state index contributed by atoms with van der Waals surface area (Å²) in [4.78, 5) is 3.83. The number of benzene rings is 1. The van der Waals surface area contributed by atoms with Crippen LogP contribution in [-0.4, -0.2) is 23.3 Å². The second-order valence-corrected chi connectivity index (χ2v) is 6.77. The van der Waals surface area contributed by atoms with E-state index < -0.39 is 30.0 Å². The van der Waals surface area contributed by atoms with Gasteiger partial charge in [0.05, 0.1) is 21.4 Å². The van der Waals surface area contributed by atoms with E-state index >= 15 is 0 Å². The highest BCUT2D eigenvalue weighted by molar-refractivity contribution is 7.16. The molecule has 0 unspecified atom stereocenters. The molecule has 2 aromatic rings. The van der Waals surface area contributed by atoms with Crippen LogP contribution in [0.1, 0.15) is 27.7 Å². The van der Waals surface area contributed by atoms with E-state index in [1.54, 1.807) is 6.07 Å². The molecule has 3 nitrogen and oxygen atoms in total. The van der Waals surface area contributed by atoms with Crippen molar-refractivity contribution in [2.45, 2.75) is 38.9 Å². The summed E-state index contributed by atoms with van der Waals surface area (Å²) < 4.78 is 40.3. The van der Waals surface area contributed by atoms with E-state index in [9.17, 15) is 8.78 Å². The number of hydrogen-bond donors (Lipinski definition) is 0. The van der Waals surface area contributed by atoms with E-state index in [0.717, 1.165) is 0 Å². The first-order chi connectivity index (χ1) is 9.23. The molecule has 0 bridgehead atoms. The lowest BCUT2D eigenvalue weighted by Crippen LogP contribution is -2.41. The monoisotopic (exact) mass is 297 g/mol. The van der Waals surface area contributed by atoms with Crippen molar-refractivity contribution < 1.29 is 18.1 Å². The molecule has 0 N–H and O–H groups in total. The molecular weight excluding hydrogens is 283 g/mol. The van der Waals surface area contributed by atoms with Crippen molar-refractivity contribution in [3.8, 4) is 0 Å². The Morgan fingerprint density at radius 1 is 1.10 bits per heavy atom. The quantitative estimate of drug-likeness (QED) is 0.758. The molecule has 0 spiro atoms. The lowest BCUT2D eigenvalue weighted by Gasteiger charge is -2.32. The minimum atomic E-state index is -0.957. The number of halogens is 2. The molecule has 0 amide bonds. The fourth-order valence-electron chi connectivity index (χ4n) is 2.10. The predicted octanol–water partition coefficient (Wildman–Crippen LogP) is 2.87. The molecule has 0 atom stereocenters. The standard InChI is InChI=1S/C13H14BF2NO2S/c1-12(2)13(3,4)19-14(18-12)7-5-8-11(17-6-20-8)10(16)9(7)15/h5-6H,1-4H3. The van der Waals surface area contributed by atoms with Crippen LogP contribution in [0.3, 0.4) is 0 Å². The highest BCUT2D eigenvalue weighted by Crippen LogP contribution is 2.37. The molecule has 0 saturated carbocycles. The Morgan fingerprint density at radius 2 is 1.70 bits per heavy atom. The Morgan fingerprint density at radius 3 is 2.30 bits per heavy atom. The van der Waals surface area contributed by atoms with Crippen molar-refractivity contribution in [2.24, 2.45) is 0 Å². The first-order valence-corrected chi connectivity index (χ1v) is 7.17. The Hall–Kier alpha value is -1.05. The zero-order valence-corrected chi connectivity index (χ0v) is 12.5. The number of rotatable bonds is 1. The lowest BCUT2D eigenvalue weighted by atomic mass is 9.78. The minimum Gasteiger partial charge on any atom is -0.399 e. The van der Waals surface area contributed by atoms with Crippen LogP contribution in [0.4, 0.5) is 8.78 Å². The molecule has 7 heteroatoms. The Labute approximate surface area is 120 Å². The Balaban J connectivity index is 2.10. The fraction of sp³-hybridized carbons (Fsp3) is 0.462. The van der Waals surface area contributed by atoms with E-state index in [1.807, 2.05) is 27.7 Å². The van der Waals surface area contributed by atoms with Gasteiger partial charge in [-0.25, -0.2) is 13.8 Å². The van der Waals surface area contributed by atoms with Crippen molar-refractivity contribution in [1.82, 2.24) is 4.98 Å². The fourth-order valence-corrected chi connectivity index (χ4v) is 2.82. The number of aromatic nitrogens is 1. The zero-order chi connectivity index (χ0) is 14.7. The van der Waals surface area contributed by atoms with E-state index in [1.165, 1.54) is 16.8 Å². The Kier molecular flexibility index (Phi) is 2.94. The van der Waals surface area contributed by atoms with Gasteiger partial charge in [0.15, 0.2) is 11.6 Å². The molecule has 1 aliphatic heterocycles. The van der Waals surface area contributed by atoms with Gasteiger partial charge in [-0.3, -0.25) is 0 Å². The van der Waals surface area contributed by atoms with Gasteiger partial charge in [0.2, 0.25) is 0 Å². The third-order valence-corrected chi connectivity index (χ3v) is 4.82. The van der Waals surface area contributed by atoms with Gasteiger partial charge in [-0.1, -0.05) is 0 Å². The zero-order valence-electron chi connectivity index (χ0n) is 11.7. The van der Waals surface area contributed by atoms with Crippen LogP contribution in [0.2, 0.25) is 0 Å². The molecule has 1 fully saturated rings. The molecule has 1 aliphatic rings. The molecule has 20 heavy (non-hydrogen) atoms. The molecule has 1 aromatic heterocycles. The maximum absolute atomic E-state index is 14.2. The molecule has 1 aromatic carbocycles. The van der Waals surface area contributed by atoms with Gasteiger partial charge in [0, 0.05) is 5.46 Å². The van der Waals surface area contributed by atoms with Crippen molar-refractivity contribution in [3.63, 3.8) is 0 Å². The summed E-state index contributed by atoms with van der Waals surface area (Å²) in [7, 11) is -0.916. The van der Waals surface area contributed by atoms with Crippen LogP contribution in [-0.2, 0) is 9.31 Å². The number of fused-ring (bicyclic) bond motifs is 1. The smallest absolute Gasteiger partial charge is 0.399 e. The van der Waals surface area contributed by atoms with Crippen LogP contribution in [0.15, 0.2) is 11.6 Å². The molecular formula is C13H14BF2NO2S. The molecule has 0 radical (unpaired) electrons. The van der Waals surface area contributed by atoms with E-state index in [2.05, 4.69) is 4.98 Å². The summed E-state index contributed by atoms with van der Waals surface area (Å²) in [6.07, 6.45) is 0. The van der Waals surface area contributed by atoms with Crippen LogP contribution in [0.5, 0.6) is 0 Å². The Bertz CT molecular complexity index is 670. The summed E-state index contributed by atoms with van der Waals surface area (Å²) in [5.74, 6) is -1.91. The highest BCUT2D eigenvalue weighted by Gasteiger charge is 2.52. The minimum absolute atomic E-state index is 0.0489. The van der Waals surface area contributed by atoms with Gasteiger partial charge in [-0.05, 0) is 33.8 Å². The van der Waals surface area contributed by atoms with Crippen molar-refractivity contribution in [1.29, 1.82) is 0 Å². The second-order valence-electron chi connectivity index (χ2n) is 5.88. The number of hydrogen-bond acceptors (Lipinski definition) is 4. The lowest BCUT2D eigenvalue weighted by molar-refractivity contribution is 0.00578. The van der Waals surface area contributed by atoms with Gasteiger partial charge < -0.3 is 9.31 Å². The molecule has 106 valence electrons. The predicted molar refractivity (Wildman–Crippen MR) is 75.3 cm³/mol. The summed E-state index contributed by atoms with van der Waals surface area (Å²) in [5.41, 5.74) is 0.430. The molecule has 1 saturated heterocycles. The third-order valence-electron chi connectivity index (χ3n) is 4.04. The maximum Gasteiger partial charge on any atom is 0.498 e. The van der Waals surface area contributed by atoms with Crippen LogP contribution >= 0.6 is 11.3 Å². The van der Waals surface area contributed by atoms with Gasteiger partial charge >= 0.3 is 7.12 Å². The van der Waals surface area contributed by atoms with Crippen LogP contribution < -0.4 is 5.46 Å². The third kappa shape index (κ3) is 1.88. The van der Waals surface area contributed by atoms with Gasteiger partial charge in [0.25, 0.3) is 0 Å². The largest absolute Gasteiger partial charge is 0.498 e. The number of nitrogens with zero attached hydrogens (tertiary/aromatic N) is 1. The van der Waals surface area contributed by atoms with E-state index in [-0.39, 0.29) is 11.0 Å². The topological polar surface area (TPSA) is 31.4 Å². The van der Waals surface area contributed by atoms with Crippen molar-refractivity contribution >= 4 is 34.1 Å². The average Bonchev–Trinajstić information content (AvgIpc) is 2.87. The molecule has 0 aliphatic carbocycles. The number of thiazole rings is 1. The van der Waals surface area contributed by atoms with E-state index in [0.29, 0.717) is 4.70 Å². The first-order valence-electron chi connectivity index (χ1n) is 6.30. The van der Waals surface area contributed by atoms with Crippen LogP contribution in [0.25, 0.3) is 10.2 Å². The van der Waals surface area contributed by atoms with Crippen molar-refractivity contribution in [3.05, 3.63) is 23.2 Å². The van der Waals surface area contributed by atoms with Crippen LogP contribution in [0, 0.1) is 11.6 Å². The van der Waals surface area contributed by atoms with Gasteiger partial charge in [0.1, 0.15) is 5.52 Å².